The van der Waals surface area contributed by atoms with Gasteiger partial charge in [0.15, 0.2) is 0 Å². The highest BCUT2D eigenvalue weighted by atomic mass is 16.5. The molecule has 130 valence electrons. The van der Waals surface area contributed by atoms with Crippen molar-refractivity contribution in [1.29, 1.82) is 0 Å². The van der Waals surface area contributed by atoms with Crippen molar-refractivity contribution in [2.24, 2.45) is 0 Å². The molecule has 0 aliphatic heterocycles. The van der Waals surface area contributed by atoms with Gasteiger partial charge in [0.1, 0.15) is 11.5 Å². The molecule has 0 saturated heterocycles. The summed E-state index contributed by atoms with van der Waals surface area (Å²) in [6, 6.07) is 20.8. The maximum atomic E-state index is 6.03. The maximum Gasteiger partial charge on any atom is 0.124 e. The summed E-state index contributed by atoms with van der Waals surface area (Å²) in [4.78, 5) is 0. The zero-order valence-electron chi connectivity index (χ0n) is 15.1. The van der Waals surface area contributed by atoms with E-state index >= 15 is 0 Å². The molecule has 0 radical (unpaired) electrons. The highest BCUT2D eigenvalue weighted by Crippen LogP contribution is 2.29. The summed E-state index contributed by atoms with van der Waals surface area (Å²) in [7, 11) is 1.68. The van der Waals surface area contributed by atoms with Crippen LogP contribution >= 0.6 is 0 Å². The molecule has 0 amide bonds. The second-order valence-corrected chi connectivity index (χ2v) is 6.38. The van der Waals surface area contributed by atoms with Crippen LogP contribution in [0.15, 0.2) is 60.7 Å². The number of ether oxygens (including phenoxy) is 2. The van der Waals surface area contributed by atoms with E-state index in [1.165, 1.54) is 21.9 Å². The van der Waals surface area contributed by atoms with Gasteiger partial charge in [0.2, 0.25) is 0 Å². The van der Waals surface area contributed by atoms with E-state index in [4.69, 9.17) is 9.47 Å². The van der Waals surface area contributed by atoms with Gasteiger partial charge in [0, 0.05) is 18.7 Å². The normalized spacial score (nSPS) is 11.0. The largest absolute Gasteiger partial charge is 0.497 e. The highest BCUT2D eigenvalue weighted by molar-refractivity contribution is 5.87. The minimum atomic E-state index is 0.154. The average molecular weight is 335 g/mol. The molecule has 0 bridgehead atoms. The first kappa shape index (κ1) is 17.3. The topological polar surface area (TPSA) is 30.5 Å². The van der Waals surface area contributed by atoms with E-state index < -0.39 is 0 Å². The minimum absolute atomic E-state index is 0.154. The Morgan fingerprint density at radius 2 is 1.64 bits per heavy atom. The second kappa shape index (κ2) is 8.04. The number of hydrogen-bond acceptors (Lipinski definition) is 3. The van der Waals surface area contributed by atoms with Gasteiger partial charge in [0.25, 0.3) is 0 Å². The number of rotatable bonds is 7. The summed E-state index contributed by atoms with van der Waals surface area (Å²) >= 11 is 0. The molecule has 0 unspecified atom stereocenters. The van der Waals surface area contributed by atoms with Crippen molar-refractivity contribution in [3.8, 4) is 11.5 Å². The lowest BCUT2D eigenvalue weighted by molar-refractivity contribution is 0.240. The summed E-state index contributed by atoms with van der Waals surface area (Å²) in [6.07, 6.45) is 0.154. The van der Waals surface area contributed by atoms with E-state index in [0.29, 0.717) is 0 Å². The molecule has 1 N–H and O–H groups in total. The molecular formula is C22H25NO2. The first-order chi connectivity index (χ1) is 12.2. The van der Waals surface area contributed by atoms with Crippen LogP contribution in [0.3, 0.4) is 0 Å². The van der Waals surface area contributed by atoms with Crippen molar-refractivity contribution in [2.75, 3.05) is 7.11 Å². The van der Waals surface area contributed by atoms with Crippen LogP contribution in [-0.2, 0) is 13.1 Å². The second-order valence-electron chi connectivity index (χ2n) is 6.38. The van der Waals surface area contributed by atoms with E-state index in [1.807, 2.05) is 12.1 Å². The molecule has 3 heteroatoms. The molecule has 3 rings (SSSR count). The summed E-state index contributed by atoms with van der Waals surface area (Å²) in [5.74, 6) is 1.83. The van der Waals surface area contributed by atoms with Gasteiger partial charge in [-0.1, -0.05) is 42.5 Å². The van der Waals surface area contributed by atoms with Crippen molar-refractivity contribution in [3.05, 3.63) is 71.8 Å². The van der Waals surface area contributed by atoms with Gasteiger partial charge in [-0.25, -0.2) is 0 Å². The van der Waals surface area contributed by atoms with Crippen molar-refractivity contribution >= 4 is 10.8 Å². The molecule has 0 heterocycles. The van der Waals surface area contributed by atoms with Gasteiger partial charge in [0.05, 0.1) is 13.2 Å². The van der Waals surface area contributed by atoms with Gasteiger partial charge >= 0.3 is 0 Å². The minimum Gasteiger partial charge on any atom is -0.497 e. The van der Waals surface area contributed by atoms with Crippen molar-refractivity contribution in [2.45, 2.75) is 33.0 Å². The van der Waals surface area contributed by atoms with Crippen molar-refractivity contribution in [3.63, 3.8) is 0 Å². The molecule has 25 heavy (non-hydrogen) atoms. The molecule has 0 aromatic heterocycles. The zero-order chi connectivity index (χ0) is 17.6. The lowest BCUT2D eigenvalue weighted by atomic mass is 10.0. The molecule has 0 aliphatic rings. The predicted molar refractivity (Wildman–Crippen MR) is 103 cm³/mol. The third-order valence-electron chi connectivity index (χ3n) is 4.15. The first-order valence-corrected chi connectivity index (χ1v) is 8.68. The van der Waals surface area contributed by atoms with Crippen LogP contribution in [0.1, 0.15) is 25.0 Å². The molecule has 3 nitrogen and oxygen atoms in total. The monoisotopic (exact) mass is 335 g/mol. The Morgan fingerprint density at radius 1 is 0.880 bits per heavy atom. The number of methoxy groups -OCH3 is 1. The fourth-order valence-corrected chi connectivity index (χ4v) is 2.94. The van der Waals surface area contributed by atoms with E-state index in [-0.39, 0.29) is 6.10 Å². The Bertz CT molecular complexity index is 825. The number of fused-ring (bicyclic) bond motifs is 1. The third kappa shape index (κ3) is 4.31. The number of hydrogen-bond donors (Lipinski definition) is 1. The van der Waals surface area contributed by atoms with Gasteiger partial charge in [-0.15, -0.1) is 0 Å². The van der Waals surface area contributed by atoms with Crippen LogP contribution in [0.4, 0.5) is 0 Å². The fraction of sp³-hybridized carbons (Fsp3) is 0.273. The maximum absolute atomic E-state index is 6.03. The van der Waals surface area contributed by atoms with Gasteiger partial charge < -0.3 is 14.8 Å². The Balaban J connectivity index is 1.78. The number of nitrogens with one attached hydrogen (secondary N) is 1. The fourth-order valence-electron chi connectivity index (χ4n) is 2.94. The van der Waals surface area contributed by atoms with Crippen molar-refractivity contribution < 1.29 is 9.47 Å². The molecule has 3 aromatic rings. The molecule has 0 saturated carbocycles. The van der Waals surface area contributed by atoms with Crippen LogP contribution in [0.25, 0.3) is 10.8 Å². The smallest absolute Gasteiger partial charge is 0.124 e. The Kier molecular flexibility index (Phi) is 5.56. The van der Waals surface area contributed by atoms with Crippen LogP contribution in [0.5, 0.6) is 11.5 Å². The summed E-state index contributed by atoms with van der Waals surface area (Å²) in [6.45, 7) is 5.68. The van der Waals surface area contributed by atoms with Crippen LogP contribution in [0, 0.1) is 0 Å². The molecular weight excluding hydrogens is 310 g/mol. The Hall–Kier alpha value is -2.52. The molecule has 0 fully saturated rings. The summed E-state index contributed by atoms with van der Waals surface area (Å²) in [5.41, 5.74) is 2.44. The quantitative estimate of drug-likeness (QED) is 0.664. The molecule has 3 aromatic carbocycles. The lowest BCUT2D eigenvalue weighted by Crippen LogP contribution is -2.15. The average Bonchev–Trinajstić information content (AvgIpc) is 2.63. The third-order valence-corrected chi connectivity index (χ3v) is 4.15. The zero-order valence-corrected chi connectivity index (χ0v) is 15.1. The Morgan fingerprint density at radius 3 is 2.36 bits per heavy atom. The van der Waals surface area contributed by atoms with Gasteiger partial charge in [-0.05, 0) is 48.4 Å². The highest BCUT2D eigenvalue weighted by Gasteiger charge is 2.10. The van der Waals surface area contributed by atoms with Gasteiger partial charge in [-0.2, -0.15) is 0 Å². The predicted octanol–water partition coefficient (Wildman–Crippen LogP) is 4.93. The van der Waals surface area contributed by atoms with Crippen molar-refractivity contribution in [1.82, 2.24) is 5.32 Å². The van der Waals surface area contributed by atoms with Crippen LogP contribution < -0.4 is 14.8 Å². The van der Waals surface area contributed by atoms with Gasteiger partial charge in [-0.3, -0.25) is 0 Å². The number of benzene rings is 3. The van der Waals surface area contributed by atoms with E-state index in [2.05, 4.69) is 67.7 Å². The lowest BCUT2D eigenvalue weighted by Gasteiger charge is -2.17. The Labute approximate surface area is 149 Å². The standard InChI is InChI=1S/C22H25NO2/c1-16(2)25-22-13-10-18-6-4-5-7-20(18)21(22)15-23-14-17-8-11-19(24-3)12-9-17/h4-13,16,23H,14-15H2,1-3H3. The summed E-state index contributed by atoms with van der Waals surface area (Å²) in [5, 5.41) is 6.02. The van der Waals surface area contributed by atoms with E-state index in [1.54, 1.807) is 7.11 Å². The SMILES string of the molecule is COc1ccc(CNCc2c(OC(C)C)ccc3ccccc23)cc1. The molecule has 0 atom stereocenters. The summed E-state index contributed by atoms with van der Waals surface area (Å²) < 4.78 is 11.2. The van der Waals surface area contributed by atoms with E-state index in [9.17, 15) is 0 Å². The first-order valence-electron chi connectivity index (χ1n) is 8.68. The van der Waals surface area contributed by atoms with E-state index in [0.717, 1.165) is 24.6 Å². The molecule has 0 spiro atoms. The molecule has 0 aliphatic carbocycles. The van der Waals surface area contributed by atoms with Crippen LogP contribution in [0.2, 0.25) is 0 Å². The van der Waals surface area contributed by atoms with Crippen LogP contribution in [-0.4, -0.2) is 13.2 Å².